The standard InChI is InChI=1S/C15H21N5S/c1-19(2)9-12-6-16-8-14(18-12)15-4-3-5-20(15)10-13-7-17-11-21-13/h6-8,11,15H,3-5,9-10H2,1-2H3/t15-/m0/s1. The number of nitrogens with zero attached hydrogens (tertiary/aromatic N) is 5. The zero-order valence-corrected chi connectivity index (χ0v) is 13.4. The van der Waals surface area contributed by atoms with Gasteiger partial charge in [0.05, 0.1) is 22.9 Å². The van der Waals surface area contributed by atoms with E-state index in [1.165, 1.54) is 17.7 Å². The Labute approximate surface area is 129 Å². The molecule has 0 unspecified atom stereocenters. The van der Waals surface area contributed by atoms with Gasteiger partial charge in [-0.05, 0) is 33.5 Å². The van der Waals surface area contributed by atoms with Crippen LogP contribution in [0.2, 0.25) is 0 Å². The second-order valence-corrected chi connectivity index (χ2v) is 6.74. The molecule has 3 heterocycles. The fourth-order valence-corrected chi connectivity index (χ4v) is 3.47. The Morgan fingerprint density at radius 3 is 2.95 bits per heavy atom. The van der Waals surface area contributed by atoms with Gasteiger partial charge in [-0.2, -0.15) is 0 Å². The molecule has 2 aromatic heterocycles. The molecule has 0 amide bonds. The normalized spacial score (nSPS) is 19.5. The molecule has 1 aliphatic heterocycles. The maximum Gasteiger partial charge on any atom is 0.0794 e. The van der Waals surface area contributed by atoms with Crippen molar-refractivity contribution in [3.8, 4) is 0 Å². The van der Waals surface area contributed by atoms with E-state index < -0.39 is 0 Å². The summed E-state index contributed by atoms with van der Waals surface area (Å²) in [7, 11) is 4.11. The molecule has 3 rings (SSSR count). The van der Waals surface area contributed by atoms with Crippen LogP contribution in [0.25, 0.3) is 0 Å². The molecular weight excluding hydrogens is 282 g/mol. The zero-order chi connectivity index (χ0) is 14.7. The minimum atomic E-state index is 0.390. The molecule has 0 aliphatic carbocycles. The molecule has 0 aromatic carbocycles. The van der Waals surface area contributed by atoms with E-state index in [4.69, 9.17) is 4.98 Å². The van der Waals surface area contributed by atoms with Crippen molar-refractivity contribution in [3.63, 3.8) is 0 Å². The van der Waals surface area contributed by atoms with E-state index in [0.717, 1.165) is 31.0 Å². The Bertz CT molecular complexity index is 569. The maximum absolute atomic E-state index is 4.82. The predicted molar refractivity (Wildman–Crippen MR) is 83.9 cm³/mol. The molecule has 2 aromatic rings. The molecule has 0 bridgehead atoms. The van der Waals surface area contributed by atoms with Gasteiger partial charge in [-0.1, -0.05) is 0 Å². The van der Waals surface area contributed by atoms with Crippen LogP contribution in [0.5, 0.6) is 0 Å². The summed E-state index contributed by atoms with van der Waals surface area (Å²) in [6.45, 7) is 2.93. The number of hydrogen-bond acceptors (Lipinski definition) is 6. The van der Waals surface area contributed by atoms with E-state index in [9.17, 15) is 0 Å². The number of aromatic nitrogens is 3. The van der Waals surface area contributed by atoms with E-state index >= 15 is 0 Å². The highest BCUT2D eigenvalue weighted by molar-refractivity contribution is 7.09. The number of thiazole rings is 1. The van der Waals surface area contributed by atoms with Crippen molar-refractivity contribution < 1.29 is 0 Å². The van der Waals surface area contributed by atoms with Gasteiger partial charge in [-0.15, -0.1) is 11.3 Å². The van der Waals surface area contributed by atoms with Crippen LogP contribution in [0, 0.1) is 0 Å². The van der Waals surface area contributed by atoms with Gasteiger partial charge in [-0.25, -0.2) is 0 Å². The van der Waals surface area contributed by atoms with E-state index in [1.54, 1.807) is 11.3 Å². The third-order valence-electron chi connectivity index (χ3n) is 3.73. The van der Waals surface area contributed by atoms with Crippen molar-refractivity contribution in [2.45, 2.75) is 32.0 Å². The molecule has 21 heavy (non-hydrogen) atoms. The number of rotatable bonds is 5. The minimum absolute atomic E-state index is 0.390. The fourth-order valence-electron chi connectivity index (χ4n) is 2.85. The smallest absolute Gasteiger partial charge is 0.0794 e. The summed E-state index contributed by atoms with van der Waals surface area (Å²) in [4.78, 5) is 19.3. The number of likely N-dealkylation sites (tertiary alicyclic amines) is 1. The van der Waals surface area contributed by atoms with Gasteiger partial charge in [-0.3, -0.25) is 19.9 Å². The molecule has 0 N–H and O–H groups in total. The highest BCUT2D eigenvalue weighted by Gasteiger charge is 2.27. The van der Waals surface area contributed by atoms with Crippen molar-refractivity contribution in [1.82, 2.24) is 24.8 Å². The Balaban J connectivity index is 1.75. The van der Waals surface area contributed by atoms with Crippen molar-refractivity contribution >= 4 is 11.3 Å². The highest BCUT2D eigenvalue weighted by Crippen LogP contribution is 2.32. The molecule has 0 radical (unpaired) electrons. The van der Waals surface area contributed by atoms with E-state index in [-0.39, 0.29) is 0 Å². The van der Waals surface area contributed by atoms with Crippen molar-refractivity contribution in [3.05, 3.63) is 40.4 Å². The molecule has 112 valence electrons. The lowest BCUT2D eigenvalue weighted by atomic mass is 10.1. The topological polar surface area (TPSA) is 45.2 Å². The summed E-state index contributed by atoms with van der Waals surface area (Å²) in [5.41, 5.74) is 4.05. The lowest BCUT2D eigenvalue weighted by Gasteiger charge is -2.23. The quantitative estimate of drug-likeness (QED) is 0.848. The summed E-state index contributed by atoms with van der Waals surface area (Å²) in [6, 6.07) is 0.390. The summed E-state index contributed by atoms with van der Waals surface area (Å²) in [5.74, 6) is 0. The van der Waals surface area contributed by atoms with Crippen molar-refractivity contribution in [2.75, 3.05) is 20.6 Å². The molecule has 6 heteroatoms. The minimum Gasteiger partial charge on any atom is -0.304 e. The van der Waals surface area contributed by atoms with Crippen LogP contribution in [-0.2, 0) is 13.1 Å². The SMILES string of the molecule is CN(C)Cc1cncc([C@@H]2CCCN2Cc2cncs2)n1. The predicted octanol–water partition coefficient (Wildman–Crippen LogP) is 2.33. The summed E-state index contributed by atoms with van der Waals surface area (Å²) >= 11 is 1.72. The van der Waals surface area contributed by atoms with Crippen LogP contribution in [0.4, 0.5) is 0 Å². The van der Waals surface area contributed by atoms with Crippen LogP contribution in [0.1, 0.15) is 35.1 Å². The van der Waals surface area contributed by atoms with Gasteiger partial charge in [0.15, 0.2) is 0 Å². The van der Waals surface area contributed by atoms with Gasteiger partial charge in [0.1, 0.15) is 0 Å². The van der Waals surface area contributed by atoms with Crippen molar-refractivity contribution in [2.24, 2.45) is 0 Å². The first-order valence-corrected chi connectivity index (χ1v) is 8.17. The van der Waals surface area contributed by atoms with Gasteiger partial charge >= 0.3 is 0 Å². The summed E-state index contributed by atoms with van der Waals surface area (Å²) < 4.78 is 0. The Kier molecular flexibility index (Phi) is 4.57. The van der Waals surface area contributed by atoms with Gasteiger partial charge in [0.2, 0.25) is 0 Å². The molecule has 5 nitrogen and oxygen atoms in total. The van der Waals surface area contributed by atoms with E-state index in [2.05, 4.69) is 33.9 Å². The van der Waals surface area contributed by atoms with Crippen LogP contribution >= 0.6 is 11.3 Å². The molecule has 1 atom stereocenters. The zero-order valence-electron chi connectivity index (χ0n) is 12.6. The average molecular weight is 303 g/mol. The van der Waals surface area contributed by atoms with Crippen LogP contribution in [0.15, 0.2) is 24.1 Å². The largest absolute Gasteiger partial charge is 0.304 e. The lowest BCUT2D eigenvalue weighted by molar-refractivity contribution is 0.245. The first-order valence-electron chi connectivity index (χ1n) is 7.29. The first-order chi connectivity index (χ1) is 10.2. The fraction of sp³-hybridized carbons (Fsp3) is 0.533. The van der Waals surface area contributed by atoms with Crippen LogP contribution < -0.4 is 0 Å². The summed E-state index contributed by atoms with van der Waals surface area (Å²) in [5, 5.41) is 0. The second-order valence-electron chi connectivity index (χ2n) is 5.77. The first kappa shape index (κ1) is 14.6. The van der Waals surface area contributed by atoms with Crippen molar-refractivity contribution in [1.29, 1.82) is 0 Å². The Morgan fingerprint density at radius 2 is 2.19 bits per heavy atom. The monoisotopic (exact) mass is 303 g/mol. The maximum atomic E-state index is 4.82. The van der Waals surface area contributed by atoms with E-state index in [1.807, 2.05) is 24.1 Å². The Hall–Kier alpha value is -1.37. The number of hydrogen-bond donors (Lipinski definition) is 0. The van der Waals surface area contributed by atoms with Gasteiger partial charge in [0.25, 0.3) is 0 Å². The van der Waals surface area contributed by atoms with Crippen LogP contribution in [-0.4, -0.2) is 45.4 Å². The average Bonchev–Trinajstić information content (AvgIpc) is 3.10. The molecule has 0 saturated carbocycles. The highest BCUT2D eigenvalue weighted by atomic mass is 32.1. The molecule has 1 aliphatic rings. The lowest BCUT2D eigenvalue weighted by Crippen LogP contribution is -2.24. The molecule has 1 fully saturated rings. The summed E-state index contributed by atoms with van der Waals surface area (Å²) in [6.07, 6.45) is 8.15. The Morgan fingerprint density at radius 1 is 1.29 bits per heavy atom. The van der Waals surface area contributed by atoms with Gasteiger partial charge in [0, 0.05) is 36.6 Å². The third kappa shape index (κ3) is 3.64. The molecule has 0 spiro atoms. The van der Waals surface area contributed by atoms with Crippen LogP contribution in [0.3, 0.4) is 0 Å². The van der Waals surface area contributed by atoms with Gasteiger partial charge < -0.3 is 4.90 Å². The molecule has 1 saturated heterocycles. The second kappa shape index (κ2) is 6.60. The van der Waals surface area contributed by atoms with E-state index in [0.29, 0.717) is 6.04 Å². The third-order valence-corrected chi connectivity index (χ3v) is 4.49. The molecular formula is C15H21N5S.